The number of hydrogen-bond acceptors (Lipinski definition) is 16. The third-order valence-corrected chi connectivity index (χ3v) is 13.3. The summed E-state index contributed by atoms with van der Waals surface area (Å²) in [6, 6.07) is 5.42. The zero-order valence-corrected chi connectivity index (χ0v) is 45.3. The van der Waals surface area contributed by atoms with E-state index < -0.39 is 137 Å². The summed E-state index contributed by atoms with van der Waals surface area (Å²) in [4.78, 5) is 117. The molecule has 0 aromatic heterocycles. The number of nitrogens with zero attached hydrogens (tertiary/aromatic N) is 2. The number of fused-ring (bicyclic) bond motifs is 2. The van der Waals surface area contributed by atoms with Crippen molar-refractivity contribution in [1.82, 2.24) is 36.4 Å². The molecule has 2 aliphatic rings. The molecule has 2 fully saturated rings. The molecule has 7 amide bonds. The Kier molecular flexibility index (Phi) is 23.9. The van der Waals surface area contributed by atoms with Gasteiger partial charge in [-0.05, 0) is 61.8 Å². The van der Waals surface area contributed by atoms with Crippen LogP contribution in [0.4, 0.5) is 0 Å². The van der Waals surface area contributed by atoms with Gasteiger partial charge in [0.05, 0.1) is 0 Å². The molecule has 23 nitrogen and oxygen atoms in total. The molecule has 25 heteroatoms. The van der Waals surface area contributed by atoms with Gasteiger partial charge in [0.2, 0.25) is 34.0 Å². The maximum Gasteiger partial charge on any atom is 1.00 e. The Hall–Kier alpha value is -5.47. The first-order valence-corrected chi connectivity index (χ1v) is 24.9. The molecule has 73 heavy (non-hydrogen) atoms. The van der Waals surface area contributed by atoms with Crippen LogP contribution in [0.2, 0.25) is 0 Å². The number of nitrogens with one attached hydrogen (secondary N) is 5. The second kappa shape index (κ2) is 28.3. The number of cyclic esters (lactones) is 1. The molecular formula is C48H66N7NaO16S. The summed E-state index contributed by atoms with van der Waals surface area (Å²) in [5.74, 6) is -9.19. The number of aliphatic hydroxyl groups is 1. The fraction of sp³-hybridized carbons (Fsp3) is 0.542. The predicted octanol–water partition coefficient (Wildman–Crippen LogP) is -3.19. The van der Waals surface area contributed by atoms with Crippen molar-refractivity contribution >= 4 is 57.7 Å². The number of piperidine rings is 1. The number of benzene rings is 2. The van der Waals surface area contributed by atoms with E-state index in [2.05, 4.69) is 30.8 Å². The van der Waals surface area contributed by atoms with Crippen LogP contribution < -0.4 is 56.1 Å². The minimum atomic E-state index is -5.25. The topological polar surface area (TPSA) is 329 Å². The van der Waals surface area contributed by atoms with Crippen molar-refractivity contribution in [2.75, 3.05) is 20.8 Å². The Balaban J connectivity index is 0.0000141. The van der Waals surface area contributed by atoms with Crippen LogP contribution >= 0.6 is 0 Å². The summed E-state index contributed by atoms with van der Waals surface area (Å²) < 4.78 is 48.5. The van der Waals surface area contributed by atoms with Crippen LogP contribution in [0, 0.1) is 11.8 Å². The van der Waals surface area contributed by atoms with Crippen LogP contribution in [0.15, 0.2) is 66.4 Å². The number of carbonyl (C=O) groups is 8. The van der Waals surface area contributed by atoms with Gasteiger partial charge in [-0.25, -0.2) is 13.2 Å². The molecule has 0 spiro atoms. The number of phenolic OH excluding ortho intramolecular Hbond substituents is 1. The van der Waals surface area contributed by atoms with Crippen molar-refractivity contribution in [2.24, 2.45) is 11.8 Å². The van der Waals surface area contributed by atoms with E-state index >= 15 is 4.79 Å². The molecule has 396 valence electrons. The van der Waals surface area contributed by atoms with Crippen molar-refractivity contribution < 1.29 is 105 Å². The normalized spacial score (nSPS) is 25.0. The number of methoxy groups -OCH3 is 1. The molecule has 2 aromatic rings. The molecule has 0 unspecified atom stereocenters. The third kappa shape index (κ3) is 17.0. The Morgan fingerprint density at radius 3 is 2.10 bits per heavy atom. The standard InChI is InChI=1S/C48H67N7O16S.Na/c1-9-26(4)38(51-43(60)36(69-8)25-70-72(66,67)68)44(61)53-40-28(6)71-48(65)39(27(5)10-2)52-42(59)34(23-30-17-19-31(56)20-18-30)54(7)47(64)35(24-29-15-13-12-14-16-29)55-37(57)22-21-33(46(55)63)50-41(58)32(11-3)49-45(40)62;/h11-20,26-28,33-40,56-57H,9-10,21-25H2,1-8H3,(H,49,62)(H,50,58)(H,51,60)(H,52,59)(H,53,61)(H,66,67,68);/q;+1/p-1/b32-11-;/t26-,27+,28+,33-,34-,35-,36+,37+,38-,39-,40-;/m0./s1. The Labute approximate surface area is 447 Å². The van der Waals surface area contributed by atoms with Gasteiger partial charge in [-0.15, -0.1) is 0 Å². The van der Waals surface area contributed by atoms with E-state index in [-0.39, 0.29) is 73.8 Å². The summed E-state index contributed by atoms with van der Waals surface area (Å²) in [7, 11) is -2.88. The molecular weight excluding hydrogens is 986 g/mol. The number of likely N-dealkylation sites (N-methyl/N-ethyl adjacent to an activating group) is 1. The first-order valence-electron chi connectivity index (χ1n) is 23.6. The fourth-order valence-corrected chi connectivity index (χ4v) is 8.41. The summed E-state index contributed by atoms with van der Waals surface area (Å²) in [6.45, 7) is 8.22. The zero-order chi connectivity index (χ0) is 53.6. The quantitative estimate of drug-likeness (QED) is 0.0286. The van der Waals surface area contributed by atoms with E-state index in [1.807, 2.05) is 0 Å². The number of ether oxygens (including phenoxy) is 2. The van der Waals surface area contributed by atoms with Gasteiger partial charge in [-0.3, -0.25) is 37.7 Å². The molecule has 2 bridgehead atoms. The van der Waals surface area contributed by atoms with Crippen molar-refractivity contribution in [3.8, 4) is 5.75 Å². The van der Waals surface area contributed by atoms with Crippen molar-refractivity contribution in [3.05, 3.63) is 77.5 Å². The van der Waals surface area contributed by atoms with Gasteiger partial charge in [-0.2, -0.15) is 0 Å². The molecule has 0 saturated carbocycles. The van der Waals surface area contributed by atoms with E-state index in [4.69, 9.17) is 9.47 Å². The first kappa shape index (κ1) is 61.8. The summed E-state index contributed by atoms with van der Waals surface area (Å²) >= 11 is 0. The van der Waals surface area contributed by atoms with E-state index in [9.17, 15) is 56.7 Å². The number of esters is 1. The van der Waals surface area contributed by atoms with Gasteiger partial charge >= 0.3 is 35.5 Å². The summed E-state index contributed by atoms with van der Waals surface area (Å²) in [5.41, 5.74) is 0.641. The van der Waals surface area contributed by atoms with Crippen molar-refractivity contribution in [2.45, 2.75) is 135 Å². The van der Waals surface area contributed by atoms with Gasteiger partial charge in [0.25, 0.3) is 17.7 Å². The number of hydrogen-bond donors (Lipinski definition) is 7. The fourth-order valence-electron chi connectivity index (χ4n) is 8.12. The van der Waals surface area contributed by atoms with Gasteiger partial charge in [-0.1, -0.05) is 89.1 Å². The predicted molar refractivity (Wildman–Crippen MR) is 255 cm³/mol. The number of allylic oxidation sites excluding steroid dienone is 1. The SMILES string of the molecule is C/C=C1\NC(=O)[C@@H](NC(=O)[C@@H](NC(=O)[C@@H](COS(=O)(=O)[O-])OC)[C@@H](C)CC)[C@@H](C)OC(=O)[C@H]([C@H](C)CC)NC(=O)[C@H](Cc2ccc(O)cc2)N(C)C(=O)[C@H](Cc2ccccc2)N2C(=O)[C@H](CC[C@H]2O)NC1=O.[Na+]. The Morgan fingerprint density at radius 2 is 1.52 bits per heavy atom. The van der Waals surface area contributed by atoms with Crippen LogP contribution in [0.25, 0.3) is 0 Å². The number of phenols is 1. The summed E-state index contributed by atoms with van der Waals surface area (Å²) in [5, 5.41) is 34.2. The monoisotopic (exact) mass is 1050 g/mol. The molecule has 4 rings (SSSR count). The molecule has 2 aliphatic heterocycles. The molecule has 2 saturated heterocycles. The first-order chi connectivity index (χ1) is 33.9. The van der Waals surface area contributed by atoms with E-state index in [0.29, 0.717) is 11.1 Å². The number of amides is 7. The molecule has 11 atom stereocenters. The molecule has 7 N–H and O–H groups in total. The number of aromatic hydroxyl groups is 1. The van der Waals surface area contributed by atoms with Crippen LogP contribution in [0.3, 0.4) is 0 Å². The number of aliphatic hydroxyl groups excluding tert-OH is 1. The van der Waals surface area contributed by atoms with Gasteiger partial charge < -0.3 is 60.6 Å². The van der Waals surface area contributed by atoms with Crippen molar-refractivity contribution in [3.63, 3.8) is 0 Å². The minimum absolute atomic E-state index is 0. The average molecular weight is 1050 g/mol. The van der Waals surface area contributed by atoms with Crippen LogP contribution in [0.5, 0.6) is 5.75 Å². The number of rotatable bonds is 16. The van der Waals surface area contributed by atoms with Crippen LogP contribution in [-0.4, -0.2) is 156 Å². The van der Waals surface area contributed by atoms with Gasteiger partial charge in [0.15, 0.2) is 6.10 Å². The largest absolute Gasteiger partial charge is 1.00 e. The van der Waals surface area contributed by atoms with Crippen molar-refractivity contribution in [1.29, 1.82) is 0 Å². The van der Waals surface area contributed by atoms with E-state index in [1.54, 1.807) is 58.0 Å². The van der Waals surface area contributed by atoms with E-state index in [1.165, 1.54) is 51.2 Å². The third-order valence-electron chi connectivity index (χ3n) is 12.9. The maximum absolute atomic E-state index is 15.0. The second-order valence-corrected chi connectivity index (χ2v) is 18.9. The zero-order valence-electron chi connectivity index (χ0n) is 42.5. The van der Waals surface area contributed by atoms with E-state index in [0.717, 1.165) is 16.9 Å². The molecule has 0 radical (unpaired) electrons. The number of carbonyl (C=O) groups excluding carboxylic acids is 8. The summed E-state index contributed by atoms with van der Waals surface area (Å²) in [6.07, 6.45) is -3.63. The second-order valence-electron chi connectivity index (χ2n) is 17.9. The molecule has 2 heterocycles. The Morgan fingerprint density at radius 1 is 0.904 bits per heavy atom. The Bertz CT molecular complexity index is 2410. The van der Waals surface area contributed by atoms with Crippen LogP contribution in [0.1, 0.15) is 78.4 Å². The van der Waals surface area contributed by atoms with Crippen LogP contribution in [-0.2, 0) is 75.3 Å². The van der Waals surface area contributed by atoms with Gasteiger partial charge in [0, 0.05) is 27.0 Å². The smallest absolute Gasteiger partial charge is 0.726 e. The van der Waals surface area contributed by atoms with Gasteiger partial charge in [0.1, 0.15) is 66.6 Å². The molecule has 2 aromatic carbocycles. The molecule has 0 aliphatic carbocycles. The average Bonchev–Trinajstić information content (AvgIpc) is 3.34. The maximum atomic E-state index is 15.0. The minimum Gasteiger partial charge on any atom is -0.726 e.